The third kappa shape index (κ3) is 3.01. The van der Waals surface area contributed by atoms with Gasteiger partial charge in [0, 0.05) is 5.56 Å². The molecule has 2 rings (SSSR count). The number of methoxy groups -OCH3 is 2. The molecular weight excluding hydrogens is 266 g/mol. The summed E-state index contributed by atoms with van der Waals surface area (Å²) in [5.41, 5.74) is 0.588. The predicted molar refractivity (Wildman–Crippen MR) is 84.0 cm³/mol. The first-order valence-corrected chi connectivity index (χ1v) is 7.62. The van der Waals surface area contributed by atoms with Crippen molar-refractivity contribution < 1.29 is 14.6 Å². The van der Waals surface area contributed by atoms with Gasteiger partial charge in [-0.25, -0.2) is 0 Å². The molecule has 1 aromatic rings. The Morgan fingerprint density at radius 1 is 1.10 bits per heavy atom. The van der Waals surface area contributed by atoms with Gasteiger partial charge in [0.25, 0.3) is 0 Å². The highest BCUT2D eigenvalue weighted by molar-refractivity contribution is 5.43. The minimum atomic E-state index is -0.585. The zero-order valence-electron chi connectivity index (χ0n) is 13.6. The number of ether oxygens (including phenoxy) is 2. The molecule has 0 heterocycles. The fraction of sp³-hybridized carbons (Fsp3) is 0.647. The second-order valence-corrected chi connectivity index (χ2v) is 6.07. The van der Waals surface area contributed by atoms with Crippen molar-refractivity contribution in [1.29, 1.82) is 0 Å². The lowest BCUT2D eigenvalue weighted by atomic mass is 9.74. The third-order valence-electron chi connectivity index (χ3n) is 4.85. The zero-order valence-corrected chi connectivity index (χ0v) is 13.6. The molecule has 118 valence electrons. The summed E-state index contributed by atoms with van der Waals surface area (Å²) in [4.78, 5) is 2.18. The van der Waals surface area contributed by atoms with E-state index in [1.165, 1.54) is 6.42 Å². The Bertz CT molecular complexity index is 467. The van der Waals surface area contributed by atoms with Crippen molar-refractivity contribution in [3.63, 3.8) is 0 Å². The molecular formula is C17H27NO3. The normalized spacial score (nSPS) is 19.3. The second kappa shape index (κ2) is 6.67. The summed E-state index contributed by atoms with van der Waals surface area (Å²) < 4.78 is 10.8. The molecule has 1 aromatic carbocycles. The van der Waals surface area contributed by atoms with Crippen LogP contribution in [0.25, 0.3) is 0 Å². The van der Waals surface area contributed by atoms with Crippen molar-refractivity contribution in [3.8, 4) is 11.5 Å². The molecule has 1 aliphatic rings. The van der Waals surface area contributed by atoms with Gasteiger partial charge in [-0.3, -0.25) is 0 Å². The van der Waals surface area contributed by atoms with E-state index >= 15 is 0 Å². The van der Waals surface area contributed by atoms with Crippen LogP contribution >= 0.6 is 0 Å². The highest BCUT2D eigenvalue weighted by Crippen LogP contribution is 2.44. The number of hydrogen-bond acceptors (Lipinski definition) is 4. The van der Waals surface area contributed by atoms with Gasteiger partial charge in [0.1, 0.15) is 17.6 Å². The summed E-state index contributed by atoms with van der Waals surface area (Å²) in [5.74, 6) is 1.46. The predicted octanol–water partition coefficient (Wildman–Crippen LogP) is 3.00. The van der Waals surface area contributed by atoms with E-state index in [2.05, 4.69) is 19.0 Å². The second-order valence-electron chi connectivity index (χ2n) is 6.07. The average Bonchev–Trinajstić information content (AvgIpc) is 2.53. The molecule has 0 aliphatic heterocycles. The van der Waals surface area contributed by atoms with E-state index in [9.17, 15) is 5.11 Å². The Balaban J connectivity index is 2.42. The third-order valence-corrected chi connectivity index (χ3v) is 4.85. The van der Waals surface area contributed by atoms with Gasteiger partial charge in [-0.15, -0.1) is 0 Å². The lowest BCUT2D eigenvalue weighted by molar-refractivity contribution is -0.0346. The average molecular weight is 293 g/mol. The van der Waals surface area contributed by atoms with Gasteiger partial charge in [-0.05, 0) is 45.1 Å². The minimum Gasteiger partial charge on any atom is -0.497 e. The van der Waals surface area contributed by atoms with E-state index < -0.39 is 6.10 Å². The van der Waals surface area contributed by atoms with E-state index in [1.807, 2.05) is 18.2 Å². The first-order chi connectivity index (χ1) is 10.0. The van der Waals surface area contributed by atoms with Gasteiger partial charge in [0.05, 0.1) is 19.8 Å². The molecule has 0 aromatic heterocycles. The van der Waals surface area contributed by atoms with Crippen molar-refractivity contribution in [3.05, 3.63) is 23.8 Å². The smallest absolute Gasteiger partial charge is 0.125 e. The van der Waals surface area contributed by atoms with Gasteiger partial charge in [0.2, 0.25) is 0 Å². The van der Waals surface area contributed by atoms with E-state index in [0.717, 1.165) is 42.7 Å². The quantitative estimate of drug-likeness (QED) is 0.906. The monoisotopic (exact) mass is 293 g/mol. The Morgan fingerprint density at radius 2 is 1.76 bits per heavy atom. The summed E-state index contributed by atoms with van der Waals surface area (Å²) in [5, 5.41) is 11.1. The van der Waals surface area contributed by atoms with Crippen LogP contribution in [0.1, 0.15) is 43.8 Å². The highest BCUT2D eigenvalue weighted by Gasteiger charge is 2.42. The fourth-order valence-corrected chi connectivity index (χ4v) is 3.47. The van der Waals surface area contributed by atoms with Crippen LogP contribution in [0.5, 0.6) is 11.5 Å². The van der Waals surface area contributed by atoms with Crippen molar-refractivity contribution >= 4 is 0 Å². The van der Waals surface area contributed by atoms with Gasteiger partial charge >= 0.3 is 0 Å². The van der Waals surface area contributed by atoms with Gasteiger partial charge < -0.3 is 19.5 Å². The van der Waals surface area contributed by atoms with E-state index in [4.69, 9.17) is 9.47 Å². The van der Waals surface area contributed by atoms with Crippen LogP contribution in [-0.2, 0) is 0 Å². The van der Waals surface area contributed by atoms with Crippen LogP contribution < -0.4 is 9.47 Å². The van der Waals surface area contributed by atoms with Crippen molar-refractivity contribution in [2.24, 2.45) is 0 Å². The summed E-state index contributed by atoms with van der Waals surface area (Å²) in [6, 6.07) is 5.62. The van der Waals surface area contributed by atoms with Crippen LogP contribution in [-0.4, -0.2) is 43.9 Å². The molecule has 0 bridgehead atoms. The molecule has 0 saturated heterocycles. The number of aliphatic hydroxyl groups is 1. The Hall–Kier alpha value is -1.26. The maximum atomic E-state index is 11.1. The molecule has 1 unspecified atom stereocenters. The first kappa shape index (κ1) is 16.1. The maximum absolute atomic E-state index is 11.1. The Morgan fingerprint density at radius 3 is 2.29 bits per heavy atom. The summed E-state index contributed by atoms with van der Waals surface area (Å²) in [6.07, 6.45) is 4.97. The number of nitrogens with zero attached hydrogens (tertiary/aromatic N) is 1. The molecule has 0 spiro atoms. The summed E-state index contributed by atoms with van der Waals surface area (Å²) >= 11 is 0. The summed E-state index contributed by atoms with van der Waals surface area (Å²) in [7, 11) is 7.39. The van der Waals surface area contributed by atoms with Crippen LogP contribution in [0.2, 0.25) is 0 Å². The fourth-order valence-electron chi connectivity index (χ4n) is 3.47. The largest absolute Gasteiger partial charge is 0.497 e. The standard InChI is InChI=1S/C17H27NO3/c1-18(2)17(10-6-5-7-11-17)16(19)14-12-13(20-3)8-9-15(14)21-4/h8-9,12,16,19H,5-7,10-11H2,1-4H3. The topological polar surface area (TPSA) is 41.9 Å². The number of likely N-dealkylation sites (N-methyl/N-ethyl adjacent to an activating group) is 1. The molecule has 1 aliphatic carbocycles. The van der Waals surface area contributed by atoms with Crippen molar-refractivity contribution in [1.82, 2.24) is 4.90 Å². The van der Waals surface area contributed by atoms with E-state index in [-0.39, 0.29) is 5.54 Å². The highest BCUT2D eigenvalue weighted by atomic mass is 16.5. The first-order valence-electron chi connectivity index (χ1n) is 7.62. The molecule has 1 fully saturated rings. The Labute approximate surface area is 127 Å². The molecule has 0 radical (unpaired) electrons. The van der Waals surface area contributed by atoms with Crippen molar-refractivity contribution in [2.75, 3.05) is 28.3 Å². The molecule has 0 amide bonds. The van der Waals surface area contributed by atoms with Crippen molar-refractivity contribution in [2.45, 2.75) is 43.7 Å². The number of aliphatic hydroxyl groups excluding tert-OH is 1. The van der Waals surface area contributed by atoms with Crippen LogP contribution in [0, 0.1) is 0 Å². The lowest BCUT2D eigenvalue weighted by Crippen LogP contribution is -2.50. The minimum absolute atomic E-state index is 0.224. The number of benzene rings is 1. The zero-order chi connectivity index (χ0) is 15.5. The molecule has 1 atom stereocenters. The van der Waals surface area contributed by atoms with Crippen LogP contribution in [0.15, 0.2) is 18.2 Å². The van der Waals surface area contributed by atoms with Crippen LogP contribution in [0.3, 0.4) is 0 Å². The number of rotatable bonds is 5. The molecule has 1 N–H and O–H groups in total. The van der Waals surface area contributed by atoms with Crippen LogP contribution in [0.4, 0.5) is 0 Å². The summed E-state index contributed by atoms with van der Waals surface area (Å²) in [6.45, 7) is 0. The molecule has 1 saturated carbocycles. The Kier molecular flexibility index (Phi) is 5.12. The molecule has 21 heavy (non-hydrogen) atoms. The lowest BCUT2D eigenvalue weighted by Gasteiger charge is -2.46. The maximum Gasteiger partial charge on any atom is 0.125 e. The SMILES string of the molecule is COc1ccc(OC)c(C(O)C2(N(C)C)CCCCC2)c1. The van der Waals surface area contributed by atoms with E-state index in [0.29, 0.717) is 0 Å². The van der Waals surface area contributed by atoms with Gasteiger partial charge in [-0.1, -0.05) is 19.3 Å². The molecule has 4 heteroatoms. The van der Waals surface area contributed by atoms with Gasteiger partial charge in [-0.2, -0.15) is 0 Å². The van der Waals surface area contributed by atoms with Gasteiger partial charge in [0.15, 0.2) is 0 Å². The molecule has 4 nitrogen and oxygen atoms in total. The number of hydrogen-bond donors (Lipinski definition) is 1. The van der Waals surface area contributed by atoms with E-state index in [1.54, 1.807) is 14.2 Å².